The second-order valence-electron chi connectivity index (χ2n) is 5.59. The molecule has 1 aliphatic carbocycles. The quantitative estimate of drug-likeness (QED) is 0.845. The molecule has 4 nitrogen and oxygen atoms in total. The predicted molar refractivity (Wildman–Crippen MR) is 79.3 cm³/mol. The molecule has 1 aromatic heterocycles. The minimum absolute atomic E-state index is 0.0840. The minimum atomic E-state index is -1.000. The van der Waals surface area contributed by atoms with Gasteiger partial charge in [-0.1, -0.05) is 43.9 Å². The Morgan fingerprint density at radius 3 is 2.38 bits per heavy atom. The zero-order chi connectivity index (χ0) is 14.7. The highest BCUT2D eigenvalue weighted by molar-refractivity contribution is 5.87. The van der Waals surface area contributed by atoms with Gasteiger partial charge in [-0.15, -0.1) is 0 Å². The van der Waals surface area contributed by atoms with Gasteiger partial charge in [0.25, 0.3) is 0 Å². The molecule has 110 valence electrons. The van der Waals surface area contributed by atoms with Gasteiger partial charge < -0.3 is 9.52 Å². The SMILES string of the molecule is O=C(O)c1nc(-c2ccccc2)oc1C1CCCCCC1. The van der Waals surface area contributed by atoms with Crippen LogP contribution in [0.1, 0.15) is 60.7 Å². The minimum Gasteiger partial charge on any atom is -0.476 e. The summed E-state index contributed by atoms with van der Waals surface area (Å²) in [5.41, 5.74) is 0.903. The number of rotatable bonds is 3. The molecule has 1 fully saturated rings. The van der Waals surface area contributed by atoms with E-state index in [9.17, 15) is 9.90 Å². The maximum Gasteiger partial charge on any atom is 0.358 e. The first-order valence-corrected chi connectivity index (χ1v) is 7.55. The smallest absolute Gasteiger partial charge is 0.358 e. The Bertz CT molecular complexity index is 610. The summed E-state index contributed by atoms with van der Waals surface area (Å²) in [6.45, 7) is 0. The van der Waals surface area contributed by atoms with E-state index in [1.165, 1.54) is 12.8 Å². The Morgan fingerprint density at radius 2 is 1.76 bits per heavy atom. The average Bonchev–Trinajstić information content (AvgIpc) is 2.78. The van der Waals surface area contributed by atoms with Gasteiger partial charge >= 0.3 is 5.97 Å². The summed E-state index contributed by atoms with van der Waals surface area (Å²) in [5.74, 6) is 0.152. The normalized spacial score (nSPS) is 16.6. The summed E-state index contributed by atoms with van der Waals surface area (Å²) in [6, 6.07) is 9.47. The lowest BCUT2D eigenvalue weighted by molar-refractivity contribution is 0.0687. The van der Waals surface area contributed by atoms with E-state index in [0.29, 0.717) is 11.7 Å². The fourth-order valence-corrected chi connectivity index (χ4v) is 3.01. The number of benzene rings is 1. The van der Waals surface area contributed by atoms with E-state index in [-0.39, 0.29) is 11.6 Å². The van der Waals surface area contributed by atoms with Gasteiger partial charge in [0, 0.05) is 11.5 Å². The Morgan fingerprint density at radius 1 is 1.10 bits per heavy atom. The number of aromatic carboxylic acids is 1. The number of carboxylic acid groups (broad SMARTS) is 1. The number of hydrogen-bond acceptors (Lipinski definition) is 3. The van der Waals surface area contributed by atoms with Crippen molar-refractivity contribution in [3.63, 3.8) is 0 Å². The highest BCUT2D eigenvalue weighted by Crippen LogP contribution is 2.35. The van der Waals surface area contributed by atoms with Gasteiger partial charge in [-0.3, -0.25) is 0 Å². The molecule has 1 aliphatic rings. The van der Waals surface area contributed by atoms with E-state index in [1.54, 1.807) is 0 Å². The third kappa shape index (κ3) is 2.99. The van der Waals surface area contributed by atoms with Crippen molar-refractivity contribution in [1.29, 1.82) is 0 Å². The van der Waals surface area contributed by atoms with E-state index in [0.717, 1.165) is 31.2 Å². The third-order valence-corrected chi connectivity index (χ3v) is 4.10. The molecule has 0 amide bonds. The molecule has 0 bridgehead atoms. The Kier molecular flexibility index (Phi) is 4.04. The van der Waals surface area contributed by atoms with E-state index >= 15 is 0 Å². The number of carboxylic acids is 1. The standard InChI is InChI=1S/C17H19NO3/c19-17(20)14-15(12-8-4-1-2-5-9-12)21-16(18-14)13-10-6-3-7-11-13/h3,6-7,10-12H,1-2,4-5,8-9H2,(H,19,20). The number of hydrogen-bond donors (Lipinski definition) is 1. The lowest BCUT2D eigenvalue weighted by atomic mass is 9.96. The van der Waals surface area contributed by atoms with Gasteiger partial charge in [0.05, 0.1) is 0 Å². The van der Waals surface area contributed by atoms with Crippen LogP contribution in [0, 0.1) is 0 Å². The molecular formula is C17H19NO3. The molecule has 4 heteroatoms. The molecule has 1 heterocycles. The lowest BCUT2D eigenvalue weighted by Gasteiger charge is -2.10. The molecule has 0 aliphatic heterocycles. The summed E-state index contributed by atoms with van der Waals surface area (Å²) >= 11 is 0. The van der Waals surface area contributed by atoms with Crippen molar-refractivity contribution in [2.75, 3.05) is 0 Å². The van der Waals surface area contributed by atoms with Crippen LogP contribution >= 0.6 is 0 Å². The molecule has 0 atom stereocenters. The van der Waals surface area contributed by atoms with Gasteiger partial charge in [0.15, 0.2) is 5.69 Å². The lowest BCUT2D eigenvalue weighted by Crippen LogP contribution is -2.05. The van der Waals surface area contributed by atoms with Crippen molar-refractivity contribution in [2.24, 2.45) is 0 Å². The molecule has 21 heavy (non-hydrogen) atoms. The molecule has 2 aromatic rings. The summed E-state index contributed by atoms with van der Waals surface area (Å²) in [7, 11) is 0. The summed E-state index contributed by atoms with van der Waals surface area (Å²) in [4.78, 5) is 15.7. The predicted octanol–water partition coefficient (Wildman–Crippen LogP) is 4.48. The van der Waals surface area contributed by atoms with Gasteiger partial charge in [-0.2, -0.15) is 0 Å². The van der Waals surface area contributed by atoms with Crippen LogP contribution in [-0.4, -0.2) is 16.1 Å². The highest BCUT2D eigenvalue weighted by atomic mass is 16.4. The zero-order valence-electron chi connectivity index (χ0n) is 11.9. The number of nitrogens with zero attached hydrogens (tertiary/aromatic N) is 1. The van der Waals surface area contributed by atoms with Crippen LogP contribution in [0.15, 0.2) is 34.7 Å². The maximum atomic E-state index is 11.5. The molecule has 0 unspecified atom stereocenters. The van der Waals surface area contributed by atoms with Crippen LogP contribution in [0.3, 0.4) is 0 Å². The summed E-state index contributed by atoms with van der Waals surface area (Å²) in [5, 5.41) is 9.40. The molecule has 1 N–H and O–H groups in total. The van der Waals surface area contributed by atoms with Crippen LogP contribution < -0.4 is 0 Å². The Hall–Kier alpha value is -2.10. The van der Waals surface area contributed by atoms with Crippen LogP contribution in [0.4, 0.5) is 0 Å². The third-order valence-electron chi connectivity index (χ3n) is 4.10. The monoisotopic (exact) mass is 285 g/mol. The zero-order valence-corrected chi connectivity index (χ0v) is 11.9. The molecule has 0 spiro atoms. The van der Waals surface area contributed by atoms with E-state index < -0.39 is 5.97 Å². The molecule has 0 saturated heterocycles. The van der Waals surface area contributed by atoms with E-state index in [4.69, 9.17) is 4.42 Å². The number of carbonyl (C=O) groups is 1. The second-order valence-corrected chi connectivity index (χ2v) is 5.59. The van der Waals surface area contributed by atoms with Crippen molar-refractivity contribution in [3.05, 3.63) is 41.8 Å². The molecule has 1 saturated carbocycles. The fraction of sp³-hybridized carbons (Fsp3) is 0.412. The molecule has 0 radical (unpaired) electrons. The van der Waals surface area contributed by atoms with Crippen molar-refractivity contribution in [1.82, 2.24) is 4.98 Å². The first kappa shape index (κ1) is 13.9. The Labute approximate surface area is 123 Å². The first-order valence-electron chi connectivity index (χ1n) is 7.55. The Balaban J connectivity index is 1.98. The molecule has 1 aromatic carbocycles. The first-order chi connectivity index (χ1) is 10.3. The van der Waals surface area contributed by atoms with Crippen LogP contribution in [0.25, 0.3) is 11.5 Å². The molecule has 3 rings (SSSR count). The highest BCUT2D eigenvalue weighted by Gasteiger charge is 2.27. The van der Waals surface area contributed by atoms with Gasteiger partial charge in [0.2, 0.25) is 5.89 Å². The van der Waals surface area contributed by atoms with Crippen LogP contribution in [-0.2, 0) is 0 Å². The van der Waals surface area contributed by atoms with Crippen LogP contribution in [0.5, 0.6) is 0 Å². The number of oxazole rings is 1. The molecular weight excluding hydrogens is 266 g/mol. The summed E-state index contributed by atoms with van der Waals surface area (Å²) < 4.78 is 5.87. The van der Waals surface area contributed by atoms with E-state index in [1.807, 2.05) is 30.3 Å². The average molecular weight is 285 g/mol. The largest absolute Gasteiger partial charge is 0.476 e. The van der Waals surface area contributed by atoms with Crippen molar-refractivity contribution in [3.8, 4) is 11.5 Å². The summed E-state index contributed by atoms with van der Waals surface area (Å²) in [6.07, 6.45) is 6.68. The van der Waals surface area contributed by atoms with Crippen molar-refractivity contribution < 1.29 is 14.3 Å². The second kappa shape index (κ2) is 6.12. The maximum absolute atomic E-state index is 11.5. The topological polar surface area (TPSA) is 63.3 Å². The van der Waals surface area contributed by atoms with Crippen LogP contribution in [0.2, 0.25) is 0 Å². The fourth-order valence-electron chi connectivity index (χ4n) is 3.01. The van der Waals surface area contributed by atoms with Gasteiger partial charge in [-0.05, 0) is 25.0 Å². The van der Waals surface area contributed by atoms with Crippen molar-refractivity contribution in [2.45, 2.75) is 44.4 Å². The van der Waals surface area contributed by atoms with Gasteiger partial charge in [-0.25, -0.2) is 9.78 Å². The van der Waals surface area contributed by atoms with Gasteiger partial charge in [0.1, 0.15) is 5.76 Å². The van der Waals surface area contributed by atoms with Crippen molar-refractivity contribution >= 4 is 5.97 Å². The van der Waals surface area contributed by atoms with E-state index in [2.05, 4.69) is 4.98 Å². The number of aromatic nitrogens is 1.